The Morgan fingerprint density at radius 3 is 2.37 bits per heavy atom. The number of para-hydroxylation sites is 1. The highest BCUT2D eigenvalue weighted by atomic mass is 35.5. The van der Waals surface area contributed by atoms with Crippen LogP contribution in [0.15, 0.2) is 42.5 Å². The molecule has 2 aromatic carbocycles. The molecule has 164 valence electrons. The lowest BCUT2D eigenvalue weighted by Crippen LogP contribution is -2.48. The summed E-state index contributed by atoms with van der Waals surface area (Å²) < 4.78 is 31.5. The van der Waals surface area contributed by atoms with Crippen LogP contribution in [-0.4, -0.2) is 39.8 Å². The number of anilines is 1. The van der Waals surface area contributed by atoms with Crippen molar-refractivity contribution in [1.29, 1.82) is 0 Å². The molecule has 2 aromatic rings. The van der Waals surface area contributed by atoms with Gasteiger partial charge in [0.05, 0.1) is 28.5 Å². The van der Waals surface area contributed by atoms with Crippen LogP contribution in [-0.2, 0) is 14.8 Å². The van der Waals surface area contributed by atoms with Crippen LogP contribution in [0.4, 0.5) is 5.69 Å². The molecule has 0 spiro atoms. The molecule has 0 saturated carbocycles. The fraction of sp³-hybridized carbons (Fsp3) is 0.381. The van der Waals surface area contributed by atoms with Crippen molar-refractivity contribution in [3.8, 4) is 5.75 Å². The summed E-state index contributed by atoms with van der Waals surface area (Å²) in [6, 6.07) is 11.2. The Hall–Kier alpha value is -1.96. The Bertz CT molecular complexity index is 996. The lowest BCUT2D eigenvalue weighted by Gasteiger charge is -2.28. The van der Waals surface area contributed by atoms with Gasteiger partial charge < -0.3 is 10.1 Å². The lowest BCUT2D eigenvalue weighted by atomic mass is 10.0. The average Bonchev–Trinajstić information content (AvgIpc) is 2.67. The van der Waals surface area contributed by atoms with Gasteiger partial charge in [0.15, 0.2) is 0 Å². The summed E-state index contributed by atoms with van der Waals surface area (Å²) in [4.78, 5) is 12.6. The second-order valence-corrected chi connectivity index (χ2v) is 9.84. The fourth-order valence-electron chi connectivity index (χ4n) is 3.00. The highest BCUT2D eigenvalue weighted by molar-refractivity contribution is 7.92. The van der Waals surface area contributed by atoms with E-state index in [2.05, 4.69) is 19.2 Å². The molecular formula is C21H26Cl2N2O4S. The van der Waals surface area contributed by atoms with Gasteiger partial charge in [-0.3, -0.25) is 9.10 Å². The van der Waals surface area contributed by atoms with Crippen LogP contribution in [0.3, 0.4) is 0 Å². The topological polar surface area (TPSA) is 75.7 Å². The number of benzene rings is 2. The molecule has 0 aliphatic heterocycles. The number of sulfonamides is 1. The molecule has 0 heterocycles. The zero-order valence-corrected chi connectivity index (χ0v) is 19.7. The molecule has 0 unspecified atom stereocenters. The van der Waals surface area contributed by atoms with Crippen LogP contribution in [0.1, 0.15) is 32.3 Å². The minimum absolute atomic E-state index is 0.202. The predicted molar refractivity (Wildman–Crippen MR) is 122 cm³/mol. The Kier molecular flexibility index (Phi) is 8.41. The number of hydrogen-bond acceptors (Lipinski definition) is 4. The summed E-state index contributed by atoms with van der Waals surface area (Å²) in [5, 5.41) is 3.22. The van der Waals surface area contributed by atoms with Crippen LogP contribution in [0.2, 0.25) is 10.0 Å². The van der Waals surface area contributed by atoms with Crippen molar-refractivity contribution in [2.45, 2.75) is 32.7 Å². The Morgan fingerprint density at radius 1 is 1.10 bits per heavy atom. The first kappa shape index (κ1) is 24.3. The van der Waals surface area contributed by atoms with Gasteiger partial charge in [-0.05, 0) is 42.7 Å². The zero-order valence-electron chi connectivity index (χ0n) is 17.4. The molecule has 2 rings (SSSR count). The molecule has 0 bridgehead atoms. The molecule has 0 saturated heterocycles. The first-order chi connectivity index (χ1) is 14.0. The molecular weight excluding hydrogens is 447 g/mol. The van der Waals surface area contributed by atoms with E-state index < -0.39 is 22.0 Å². The highest BCUT2D eigenvalue weighted by Gasteiger charge is 2.29. The number of amides is 1. The maximum Gasteiger partial charge on any atom is 0.243 e. The SMILES string of the molecule is CC(C)c1ccccc1OCCNC(=O)[C@@H](C)N(c1ccc(Cl)c(Cl)c1)S(C)(=O)=O. The van der Waals surface area contributed by atoms with Crippen molar-refractivity contribution in [3.05, 3.63) is 58.1 Å². The summed E-state index contributed by atoms with van der Waals surface area (Å²) in [6.07, 6.45) is 1.03. The molecule has 1 amide bonds. The molecule has 0 aromatic heterocycles. The van der Waals surface area contributed by atoms with Gasteiger partial charge in [-0.2, -0.15) is 0 Å². The molecule has 6 nitrogen and oxygen atoms in total. The summed E-state index contributed by atoms with van der Waals surface area (Å²) in [5.74, 6) is 0.626. The van der Waals surface area contributed by atoms with E-state index in [0.29, 0.717) is 10.9 Å². The lowest BCUT2D eigenvalue weighted by molar-refractivity contribution is -0.121. The molecule has 0 fully saturated rings. The van der Waals surface area contributed by atoms with Crippen LogP contribution < -0.4 is 14.4 Å². The van der Waals surface area contributed by atoms with Gasteiger partial charge in [0.2, 0.25) is 15.9 Å². The first-order valence-corrected chi connectivity index (χ1v) is 12.1. The number of carbonyl (C=O) groups excluding carboxylic acids is 1. The van der Waals surface area contributed by atoms with E-state index >= 15 is 0 Å². The van der Waals surface area contributed by atoms with E-state index in [1.165, 1.54) is 25.1 Å². The van der Waals surface area contributed by atoms with Gasteiger partial charge in [-0.1, -0.05) is 55.2 Å². The van der Waals surface area contributed by atoms with Crippen molar-refractivity contribution in [2.24, 2.45) is 0 Å². The van der Waals surface area contributed by atoms with Crippen LogP contribution in [0.5, 0.6) is 5.75 Å². The highest BCUT2D eigenvalue weighted by Crippen LogP contribution is 2.29. The van der Waals surface area contributed by atoms with Gasteiger partial charge in [0, 0.05) is 0 Å². The molecule has 1 N–H and O–H groups in total. The normalized spacial score (nSPS) is 12.5. The maximum absolute atomic E-state index is 12.6. The largest absolute Gasteiger partial charge is 0.491 e. The first-order valence-electron chi connectivity index (χ1n) is 9.46. The monoisotopic (exact) mass is 472 g/mol. The third-order valence-corrected chi connectivity index (χ3v) is 6.43. The molecule has 9 heteroatoms. The smallest absolute Gasteiger partial charge is 0.243 e. The van der Waals surface area contributed by atoms with E-state index in [9.17, 15) is 13.2 Å². The minimum Gasteiger partial charge on any atom is -0.491 e. The van der Waals surface area contributed by atoms with Crippen molar-refractivity contribution >= 4 is 44.8 Å². The van der Waals surface area contributed by atoms with E-state index in [-0.39, 0.29) is 23.9 Å². The Morgan fingerprint density at radius 2 is 1.77 bits per heavy atom. The summed E-state index contributed by atoms with van der Waals surface area (Å²) >= 11 is 11.9. The Labute approximate surface area is 188 Å². The molecule has 30 heavy (non-hydrogen) atoms. The molecule has 0 aliphatic carbocycles. The number of nitrogens with one attached hydrogen (secondary N) is 1. The zero-order chi connectivity index (χ0) is 22.5. The van der Waals surface area contributed by atoms with E-state index in [1.807, 2.05) is 24.3 Å². The number of ether oxygens (including phenoxy) is 1. The number of halogens is 2. The van der Waals surface area contributed by atoms with E-state index in [1.54, 1.807) is 0 Å². The third kappa shape index (κ3) is 6.27. The molecule has 0 aliphatic rings. The third-order valence-electron chi connectivity index (χ3n) is 4.45. The average molecular weight is 473 g/mol. The van der Waals surface area contributed by atoms with Gasteiger partial charge in [-0.15, -0.1) is 0 Å². The summed E-state index contributed by atoms with van der Waals surface area (Å²) in [7, 11) is -3.74. The number of hydrogen-bond donors (Lipinski definition) is 1. The fourth-order valence-corrected chi connectivity index (χ4v) is 4.46. The standard InChI is InChI=1S/C21H26Cl2N2O4S/c1-14(2)17-7-5-6-8-20(17)29-12-11-24-21(26)15(3)25(30(4,27)28)16-9-10-18(22)19(23)13-16/h5-10,13-15H,11-12H2,1-4H3,(H,24,26)/t15-/m1/s1. The minimum atomic E-state index is -3.74. The molecule has 1 atom stereocenters. The number of rotatable bonds is 9. The van der Waals surface area contributed by atoms with Crippen LogP contribution >= 0.6 is 23.2 Å². The predicted octanol–water partition coefficient (Wildman–Crippen LogP) is 4.47. The Balaban J connectivity index is 2.03. The van der Waals surface area contributed by atoms with Crippen molar-refractivity contribution < 1.29 is 17.9 Å². The van der Waals surface area contributed by atoms with Gasteiger partial charge >= 0.3 is 0 Å². The number of nitrogens with zero attached hydrogens (tertiary/aromatic N) is 1. The summed E-state index contributed by atoms with van der Waals surface area (Å²) in [5.41, 5.74) is 1.34. The van der Waals surface area contributed by atoms with Crippen LogP contribution in [0, 0.1) is 0 Å². The maximum atomic E-state index is 12.6. The number of carbonyl (C=O) groups is 1. The second kappa shape index (κ2) is 10.4. The van der Waals surface area contributed by atoms with Crippen molar-refractivity contribution in [1.82, 2.24) is 5.32 Å². The van der Waals surface area contributed by atoms with Crippen molar-refractivity contribution in [3.63, 3.8) is 0 Å². The molecule has 0 radical (unpaired) electrons. The van der Waals surface area contributed by atoms with Gasteiger partial charge in [-0.25, -0.2) is 8.42 Å². The second-order valence-electron chi connectivity index (χ2n) is 7.17. The van der Waals surface area contributed by atoms with E-state index in [4.69, 9.17) is 27.9 Å². The summed E-state index contributed by atoms with van der Waals surface area (Å²) in [6.45, 7) is 6.15. The van der Waals surface area contributed by atoms with Gasteiger partial charge in [0.1, 0.15) is 18.4 Å². The van der Waals surface area contributed by atoms with Gasteiger partial charge in [0.25, 0.3) is 0 Å². The van der Waals surface area contributed by atoms with Crippen molar-refractivity contribution in [2.75, 3.05) is 23.7 Å². The van der Waals surface area contributed by atoms with Crippen LogP contribution in [0.25, 0.3) is 0 Å². The van der Waals surface area contributed by atoms with E-state index in [0.717, 1.165) is 21.9 Å². The quantitative estimate of drug-likeness (QED) is 0.546.